The van der Waals surface area contributed by atoms with Crippen LogP contribution in [0.1, 0.15) is 30.2 Å². The number of hydrogen-bond donors (Lipinski definition) is 0. The van der Waals surface area contributed by atoms with Crippen molar-refractivity contribution < 1.29 is 9.21 Å². The number of benzene rings is 2. The highest BCUT2D eigenvalue weighted by Crippen LogP contribution is 2.28. The zero-order valence-electron chi connectivity index (χ0n) is 15.0. The Morgan fingerprint density at radius 1 is 1.04 bits per heavy atom. The summed E-state index contributed by atoms with van der Waals surface area (Å²) in [4.78, 5) is 14.4. The minimum Gasteiger partial charge on any atom is -0.420 e. The van der Waals surface area contributed by atoms with E-state index in [0.29, 0.717) is 18.3 Å². The van der Waals surface area contributed by atoms with Gasteiger partial charge in [-0.2, -0.15) is 0 Å². The average molecular weight is 359 g/mol. The fourth-order valence-electron chi connectivity index (χ4n) is 3.31. The molecule has 4 rings (SSSR count). The summed E-state index contributed by atoms with van der Waals surface area (Å²) in [7, 11) is 0. The van der Waals surface area contributed by atoms with Crippen LogP contribution in [-0.4, -0.2) is 34.1 Å². The third kappa shape index (κ3) is 4.14. The fraction of sp³-hybridized carbons (Fsp3) is 0.227. The summed E-state index contributed by atoms with van der Waals surface area (Å²) in [5.74, 6) is 1.24. The van der Waals surface area contributed by atoms with Gasteiger partial charge in [-0.05, 0) is 36.6 Å². The number of aromatic nitrogens is 2. The van der Waals surface area contributed by atoms with Gasteiger partial charge in [-0.3, -0.25) is 4.79 Å². The summed E-state index contributed by atoms with van der Waals surface area (Å²) in [6, 6.07) is 19.6. The van der Waals surface area contributed by atoms with Gasteiger partial charge in [-0.15, -0.1) is 10.2 Å². The first kappa shape index (κ1) is 17.2. The van der Waals surface area contributed by atoms with Gasteiger partial charge in [0.15, 0.2) is 0 Å². The Morgan fingerprint density at radius 2 is 1.78 bits per heavy atom. The highest BCUT2D eigenvalue weighted by atomic mass is 16.4. The van der Waals surface area contributed by atoms with Crippen LogP contribution < -0.4 is 0 Å². The van der Waals surface area contributed by atoms with E-state index < -0.39 is 0 Å². The molecule has 5 heteroatoms. The molecular weight excluding hydrogens is 338 g/mol. The van der Waals surface area contributed by atoms with E-state index in [0.717, 1.165) is 30.5 Å². The van der Waals surface area contributed by atoms with Crippen molar-refractivity contribution in [3.05, 3.63) is 78.2 Å². The molecule has 1 saturated heterocycles. The van der Waals surface area contributed by atoms with E-state index in [-0.39, 0.29) is 11.8 Å². The second-order valence-electron chi connectivity index (χ2n) is 6.68. The van der Waals surface area contributed by atoms with E-state index in [1.165, 1.54) is 0 Å². The van der Waals surface area contributed by atoms with Crippen LogP contribution in [0.4, 0.5) is 0 Å². The highest BCUT2D eigenvalue weighted by Gasteiger charge is 2.27. The highest BCUT2D eigenvalue weighted by molar-refractivity contribution is 5.91. The molecule has 1 aliphatic heterocycles. The third-order valence-electron chi connectivity index (χ3n) is 4.76. The van der Waals surface area contributed by atoms with Gasteiger partial charge in [-0.25, -0.2) is 0 Å². The van der Waals surface area contributed by atoms with Crippen molar-refractivity contribution in [2.24, 2.45) is 0 Å². The van der Waals surface area contributed by atoms with Gasteiger partial charge in [0.2, 0.25) is 17.7 Å². The summed E-state index contributed by atoms with van der Waals surface area (Å²) >= 11 is 0. The van der Waals surface area contributed by atoms with Gasteiger partial charge in [0.1, 0.15) is 0 Å². The molecule has 0 bridgehead atoms. The molecule has 136 valence electrons. The van der Waals surface area contributed by atoms with Crippen LogP contribution in [0.5, 0.6) is 0 Å². The van der Waals surface area contributed by atoms with Crippen molar-refractivity contribution in [1.29, 1.82) is 0 Å². The van der Waals surface area contributed by atoms with E-state index in [2.05, 4.69) is 10.2 Å². The van der Waals surface area contributed by atoms with Crippen LogP contribution >= 0.6 is 0 Å². The second-order valence-corrected chi connectivity index (χ2v) is 6.68. The van der Waals surface area contributed by atoms with Gasteiger partial charge in [0.25, 0.3) is 0 Å². The number of nitrogens with zero attached hydrogens (tertiary/aromatic N) is 3. The smallest absolute Gasteiger partial charge is 0.247 e. The molecule has 3 aromatic rings. The van der Waals surface area contributed by atoms with Crippen LogP contribution in [-0.2, 0) is 4.79 Å². The Kier molecular flexibility index (Phi) is 5.10. The number of hydrogen-bond acceptors (Lipinski definition) is 4. The van der Waals surface area contributed by atoms with Crippen molar-refractivity contribution in [2.75, 3.05) is 13.1 Å². The van der Waals surface area contributed by atoms with Gasteiger partial charge >= 0.3 is 0 Å². The van der Waals surface area contributed by atoms with Crippen molar-refractivity contribution in [3.63, 3.8) is 0 Å². The second kappa shape index (κ2) is 7.99. The first-order valence-corrected chi connectivity index (χ1v) is 9.20. The topological polar surface area (TPSA) is 59.2 Å². The monoisotopic (exact) mass is 359 g/mol. The summed E-state index contributed by atoms with van der Waals surface area (Å²) in [6.07, 6.45) is 5.37. The van der Waals surface area contributed by atoms with E-state index in [4.69, 9.17) is 4.42 Å². The molecule has 1 atom stereocenters. The Balaban J connectivity index is 1.43. The lowest BCUT2D eigenvalue weighted by Gasteiger charge is -2.30. The lowest BCUT2D eigenvalue weighted by molar-refractivity contribution is -0.127. The van der Waals surface area contributed by atoms with Crippen molar-refractivity contribution in [1.82, 2.24) is 15.1 Å². The first-order valence-electron chi connectivity index (χ1n) is 9.20. The molecule has 1 unspecified atom stereocenters. The minimum absolute atomic E-state index is 0.0198. The Hall–Kier alpha value is -3.21. The molecule has 0 spiro atoms. The van der Waals surface area contributed by atoms with E-state index in [1.54, 1.807) is 6.08 Å². The van der Waals surface area contributed by atoms with Gasteiger partial charge in [-0.1, -0.05) is 48.5 Å². The molecule has 5 nitrogen and oxygen atoms in total. The van der Waals surface area contributed by atoms with Gasteiger partial charge in [0.05, 0.1) is 5.92 Å². The molecule has 27 heavy (non-hydrogen) atoms. The van der Waals surface area contributed by atoms with Crippen LogP contribution in [0.3, 0.4) is 0 Å². The molecule has 1 fully saturated rings. The van der Waals surface area contributed by atoms with Gasteiger partial charge < -0.3 is 9.32 Å². The van der Waals surface area contributed by atoms with Crippen molar-refractivity contribution in [2.45, 2.75) is 18.8 Å². The Labute approximate surface area is 158 Å². The summed E-state index contributed by atoms with van der Waals surface area (Å²) < 4.78 is 5.89. The summed E-state index contributed by atoms with van der Waals surface area (Å²) in [6.45, 7) is 1.36. The van der Waals surface area contributed by atoms with Crippen molar-refractivity contribution in [3.8, 4) is 11.5 Å². The van der Waals surface area contributed by atoms with E-state index in [1.807, 2.05) is 71.6 Å². The van der Waals surface area contributed by atoms with Crippen molar-refractivity contribution >= 4 is 12.0 Å². The zero-order valence-corrected chi connectivity index (χ0v) is 15.0. The molecule has 0 N–H and O–H groups in total. The van der Waals surface area contributed by atoms with Crippen LogP contribution in [0.2, 0.25) is 0 Å². The molecule has 2 heterocycles. The molecule has 0 radical (unpaired) electrons. The molecule has 2 aromatic carbocycles. The minimum atomic E-state index is 0.0198. The number of carbonyl (C=O) groups excluding carboxylic acids is 1. The molecule has 0 saturated carbocycles. The number of piperidine rings is 1. The first-order chi connectivity index (χ1) is 13.3. The lowest BCUT2D eigenvalue weighted by Crippen LogP contribution is -2.38. The predicted octanol–water partition coefficient (Wildman–Crippen LogP) is 4.16. The number of amides is 1. The summed E-state index contributed by atoms with van der Waals surface area (Å²) in [5, 5.41) is 8.40. The average Bonchev–Trinajstić information content (AvgIpc) is 3.24. The van der Waals surface area contributed by atoms with Gasteiger partial charge in [0, 0.05) is 24.7 Å². The Bertz CT molecular complexity index is 919. The van der Waals surface area contributed by atoms with Crippen LogP contribution in [0, 0.1) is 0 Å². The normalized spacial score (nSPS) is 17.3. The maximum atomic E-state index is 12.5. The number of likely N-dealkylation sites (tertiary alicyclic amines) is 1. The summed E-state index contributed by atoms with van der Waals surface area (Å²) in [5.41, 5.74) is 1.93. The van der Waals surface area contributed by atoms with E-state index in [9.17, 15) is 4.79 Å². The van der Waals surface area contributed by atoms with Crippen LogP contribution in [0.25, 0.3) is 17.5 Å². The number of carbonyl (C=O) groups is 1. The number of rotatable bonds is 4. The fourth-order valence-corrected chi connectivity index (χ4v) is 3.31. The lowest BCUT2D eigenvalue weighted by atomic mass is 9.98. The zero-order chi connectivity index (χ0) is 18.5. The maximum Gasteiger partial charge on any atom is 0.247 e. The largest absolute Gasteiger partial charge is 0.420 e. The molecule has 1 aromatic heterocycles. The van der Waals surface area contributed by atoms with Crippen LogP contribution in [0.15, 0.2) is 71.2 Å². The predicted molar refractivity (Wildman–Crippen MR) is 104 cm³/mol. The standard InChI is InChI=1S/C22H21N3O2/c26-20(14-13-17-8-3-1-4-9-17)25-15-7-12-19(16-25)22-24-23-21(27-22)18-10-5-2-6-11-18/h1-6,8-11,13-14,19H,7,12,15-16H2. The Morgan fingerprint density at radius 3 is 2.56 bits per heavy atom. The molecule has 0 aliphatic carbocycles. The molecular formula is C22H21N3O2. The SMILES string of the molecule is O=C(C=Cc1ccccc1)N1CCCC(c2nnc(-c3ccccc3)o2)C1. The maximum absolute atomic E-state index is 12.5. The third-order valence-corrected chi connectivity index (χ3v) is 4.76. The quantitative estimate of drug-likeness (QED) is 0.657. The molecule has 1 aliphatic rings. The van der Waals surface area contributed by atoms with E-state index >= 15 is 0 Å². The molecule has 1 amide bonds.